The lowest BCUT2D eigenvalue weighted by molar-refractivity contribution is -0.131. The molecular formula is C9H13N3O5. The molecule has 0 aliphatic carbocycles. The van der Waals surface area contributed by atoms with Crippen LogP contribution in [0.2, 0.25) is 0 Å². The molecular weight excluding hydrogens is 230 g/mol. The molecule has 0 aromatic heterocycles. The molecule has 0 spiro atoms. The monoisotopic (exact) mass is 243 g/mol. The average Bonchev–Trinajstić information content (AvgIpc) is 2.21. The van der Waals surface area contributed by atoms with Gasteiger partial charge < -0.3 is 16.2 Å². The molecule has 5 N–H and O–H groups in total. The third kappa shape index (κ3) is 9.91. The quantitative estimate of drug-likeness (QED) is 0.340. The van der Waals surface area contributed by atoms with Crippen molar-refractivity contribution in [3.05, 3.63) is 12.2 Å². The van der Waals surface area contributed by atoms with Gasteiger partial charge in [-0.25, -0.2) is 9.59 Å². The average molecular weight is 243 g/mol. The van der Waals surface area contributed by atoms with Crippen LogP contribution in [0.15, 0.2) is 12.2 Å². The van der Waals surface area contributed by atoms with Crippen molar-refractivity contribution in [2.24, 2.45) is 5.73 Å². The van der Waals surface area contributed by atoms with E-state index >= 15 is 0 Å². The summed E-state index contributed by atoms with van der Waals surface area (Å²) in [6, 6.07) is -0.769. The van der Waals surface area contributed by atoms with Crippen LogP contribution in [-0.2, 0) is 14.4 Å². The third-order valence-electron chi connectivity index (χ3n) is 1.50. The molecule has 94 valence electrons. The van der Waals surface area contributed by atoms with E-state index in [-0.39, 0.29) is 13.0 Å². The number of imide groups is 1. The van der Waals surface area contributed by atoms with Crippen molar-refractivity contribution < 1.29 is 24.3 Å². The Labute approximate surface area is 96.8 Å². The maximum absolute atomic E-state index is 11.0. The highest BCUT2D eigenvalue weighted by atomic mass is 16.4. The van der Waals surface area contributed by atoms with Crippen molar-refractivity contribution in [2.45, 2.75) is 12.8 Å². The highest BCUT2D eigenvalue weighted by Crippen LogP contribution is 1.84. The molecule has 0 rings (SSSR count). The zero-order chi connectivity index (χ0) is 13.3. The summed E-state index contributed by atoms with van der Waals surface area (Å²) in [4.78, 5) is 42.3. The number of carboxylic acid groups (broad SMARTS) is 1. The molecule has 0 aromatic carbocycles. The standard InChI is InChI=1S/C9H13N3O5/c10-6(13)2-1-5-11-9(17)12-7(14)3-4-8(15)16/h3-4H,1-2,5H2,(H2,10,13)(H,15,16)(H2,11,12,14,17)/b4-3+. The van der Waals surface area contributed by atoms with Crippen LogP contribution in [0.5, 0.6) is 0 Å². The molecule has 17 heavy (non-hydrogen) atoms. The maximum Gasteiger partial charge on any atom is 0.328 e. The summed E-state index contributed by atoms with van der Waals surface area (Å²) in [5.41, 5.74) is 4.87. The van der Waals surface area contributed by atoms with Crippen LogP contribution >= 0.6 is 0 Å². The summed E-state index contributed by atoms with van der Waals surface area (Å²) in [6.07, 6.45) is 1.82. The van der Waals surface area contributed by atoms with Gasteiger partial charge in [-0.2, -0.15) is 0 Å². The first-order chi connectivity index (χ1) is 7.91. The van der Waals surface area contributed by atoms with Crippen molar-refractivity contribution in [2.75, 3.05) is 6.54 Å². The maximum atomic E-state index is 11.0. The molecule has 0 aromatic rings. The van der Waals surface area contributed by atoms with E-state index in [4.69, 9.17) is 10.8 Å². The van der Waals surface area contributed by atoms with E-state index in [9.17, 15) is 19.2 Å². The van der Waals surface area contributed by atoms with Gasteiger partial charge in [-0.1, -0.05) is 0 Å². The van der Waals surface area contributed by atoms with Crippen molar-refractivity contribution in [1.82, 2.24) is 10.6 Å². The van der Waals surface area contributed by atoms with Gasteiger partial charge in [0, 0.05) is 25.1 Å². The Morgan fingerprint density at radius 2 is 1.82 bits per heavy atom. The van der Waals surface area contributed by atoms with Crippen LogP contribution in [-0.4, -0.2) is 35.5 Å². The number of aliphatic carboxylic acids is 1. The number of carbonyl (C=O) groups is 4. The first-order valence-corrected chi connectivity index (χ1v) is 4.70. The van der Waals surface area contributed by atoms with E-state index in [1.54, 1.807) is 0 Å². The fourth-order valence-corrected chi connectivity index (χ4v) is 0.809. The second kappa shape index (κ2) is 7.85. The summed E-state index contributed by atoms with van der Waals surface area (Å²) in [7, 11) is 0. The Morgan fingerprint density at radius 1 is 1.18 bits per heavy atom. The number of amides is 4. The third-order valence-corrected chi connectivity index (χ3v) is 1.50. The molecule has 4 amide bonds. The van der Waals surface area contributed by atoms with Crippen LogP contribution in [0.1, 0.15) is 12.8 Å². The molecule has 0 saturated heterocycles. The number of nitrogens with one attached hydrogen (secondary N) is 2. The number of hydrogen-bond donors (Lipinski definition) is 4. The molecule has 0 aliphatic heterocycles. The van der Waals surface area contributed by atoms with Gasteiger partial charge in [-0.15, -0.1) is 0 Å². The largest absolute Gasteiger partial charge is 0.478 e. The molecule has 8 heteroatoms. The van der Waals surface area contributed by atoms with E-state index < -0.39 is 23.8 Å². The van der Waals surface area contributed by atoms with Gasteiger partial charge in [0.1, 0.15) is 0 Å². The SMILES string of the molecule is NC(=O)CCCNC(=O)NC(=O)/C=C/C(=O)O. The first kappa shape index (κ1) is 14.6. The highest BCUT2D eigenvalue weighted by Gasteiger charge is 2.04. The van der Waals surface area contributed by atoms with E-state index in [1.807, 2.05) is 5.32 Å². The van der Waals surface area contributed by atoms with Crippen molar-refractivity contribution in [3.63, 3.8) is 0 Å². The highest BCUT2D eigenvalue weighted by molar-refractivity contribution is 6.02. The van der Waals surface area contributed by atoms with Crippen molar-refractivity contribution in [1.29, 1.82) is 0 Å². The van der Waals surface area contributed by atoms with Gasteiger partial charge in [0.2, 0.25) is 5.91 Å². The molecule has 0 radical (unpaired) electrons. The second-order valence-electron chi connectivity index (χ2n) is 2.99. The second-order valence-corrected chi connectivity index (χ2v) is 2.99. The molecule has 0 unspecified atom stereocenters. The fourth-order valence-electron chi connectivity index (χ4n) is 0.809. The van der Waals surface area contributed by atoms with Crippen molar-refractivity contribution >= 4 is 23.8 Å². The van der Waals surface area contributed by atoms with Gasteiger partial charge in [0.15, 0.2) is 0 Å². The number of urea groups is 1. The normalized spacial score (nSPS) is 9.88. The summed E-state index contributed by atoms with van der Waals surface area (Å²) in [5, 5.41) is 12.4. The molecule has 0 aliphatic rings. The van der Waals surface area contributed by atoms with E-state index in [0.717, 1.165) is 0 Å². The Morgan fingerprint density at radius 3 is 2.35 bits per heavy atom. The molecule has 0 saturated carbocycles. The summed E-state index contributed by atoms with van der Waals surface area (Å²) in [6.45, 7) is 0.185. The summed E-state index contributed by atoms with van der Waals surface area (Å²) in [5.74, 6) is -2.62. The van der Waals surface area contributed by atoms with Crippen LogP contribution in [0, 0.1) is 0 Å². The number of carbonyl (C=O) groups excluding carboxylic acids is 3. The van der Waals surface area contributed by atoms with Gasteiger partial charge in [0.25, 0.3) is 5.91 Å². The van der Waals surface area contributed by atoms with Crippen LogP contribution < -0.4 is 16.4 Å². The molecule has 0 bridgehead atoms. The smallest absolute Gasteiger partial charge is 0.328 e. The minimum Gasteiger partial charge on any atom is -0.478 e. The lowest BCUT2D eigenvalue weighted by atomic mass is 10.3. The minimum atomic E-state index is -1.29. The molecule has 0 fully saturated rings. The molecule has 8 nitrogen and oxygen atoms in total. The summed E-state index contributed by atoms with van der Waals surface area (Å²) < 4.78 is 0. The van der Waals surface area contributed by atoms with E-state index in [0.29, 0.717) is 18.6 Å². The van der Waals surface area contributed by atoms with Crippen LogP contribution in [0.25, 0.3) is 0 Å². The lowest BCUT2D eigenvalue weighted by Crippen LogP contribution is -2.39. The van der Waals surface area contributed by atoms with E-state index in [1.165, 1.54) is 0 Å². The number of carboxylic acids is 1. The lowest BCUT2D eigenvalue weighted by Gasteiger charge is -2.03. The Bertz CT molecular complexity index is 351. The zero-order valence-electron chi connectivity index (χ0n) is 8.93. The number of primary amides is 1. The van der Waals surface area contributed by atoms with Crippen molar-refractivity contribution in [3.8, 4) is 0 Å². The van der Waals surface area contributed by atoms with Gasteiger partial charge in [0.05, 0.1) is 0 Å². The Hall–Kier alpha value is -2.38. The number of hydrogen-bond acceptors (Lipinski definition) is 4. The first-order valence-electron chi connectivity index (χ1n) is 4.70. The predicted molar refractivity (Wildman–Crippen MR) is 56.7 cm³/mol. The van der Waals surface area contributed by atoms with Gasteiger partial charge >= 0.3 is 12.0 Å². The number of nitrogens with two attached hydrogens (primary N) is 1. The molecule has 0 heterocycles. The number of rotatable bonds is 6. The van der Waals surface area contributed by atoms with Crippen LogP contribution in [0.4, 0.5) is 4.79 Å². The summed E-state index contributed by atoms with van der Waals surface area (Å²) >= 11 is 0. The Balaban J connectivity index is 3.75. The van der Waals surface area contributed by atoms with Gasteiger partial charge in [-0.3, -0.25) is 14.9 Å². The predicted octanol–water partition coefficient (Wildman–Crippen LogP) is -1.28. The van der Waals surface area contributed by atoms with E-state index in [2.05, 4.69) is 5.32 Å². The molecule has 0 atom stereocenters. The fraction of sp³-hybridized carbons (Fsp3) is 0.333. The van der Waals surface area contributed by atoms with Gasteiger partial charge in [-0.05, 0) is 6.42 Å². The van der Waals surface area contributed by atoms with Crippen LogP contribution in [0.3, 0.4) is 0 Å². The topological polar surface area (TPSA) is 139 Å². The minimum absolute atomic E-state index is 0.132. The Kier molecular flexibility index (Phi) is 6.75. The zero-order valence-corrected chi connectivity index (χ0v) is 8.93.